The summed E-state index contributed by atoms with van der Waals surface area (Å²) in [6.45, 7) is 2.90. The van der Waals surface area contributed by atoms with Crippen LogP contribution >= 0.6 is 0 Å². The molecule has 0 heterocycles. The maximum absolute atomic E-state index is 5.74. The standard InChI is InChI=1S/B33H34N/c1-19(2)27(17)32(26(15)16)33(31(24(11)12)25(13)14)34-18-28(29(20(3)4)21(5)6)30(22(7)8)23(9)10/h1-17H2. The van der Waals surface area contributed by atoms with Crippen LogP contribution in [0.1, 0.15) is 0 Å². The summed E-state index contributed by atoms with van der Waals surface area (Å²) in [5.74, 6) is 0. The Balaban J connectivity index is 6.90. The van der Waals surface area contributed by atoms with Crippen molar-refractivity contribution < 1.29 is 0 Å². The van der Waals surface area contributed by atoms with Gasteiger partial charge < -0.3 is 0 Å². The number of hydrogen-bond donors (Lipinski definition) is 0. The molecule has 0 aromatic heterocycles. The Morgan fingerprint density at radius 3 is 0.882 bits per heavy atom. The first-order valence-corrected chi connectivity index (χ1v) is 15.0. The van der Waals surface area contributed by atoms with Gasteiger partial charge in [-0.1, -0.05) is 0 Å². The third-order valence-corrected chi connectivity index (χ3v) is 9.16. The van der Waals surface area contributed by atoms with E-state index in [0.29, 0.717) is 96.0 Å². The molecule has 0 aliphatic carbocycles. The summed E-state index contributed by atoms with van der Waals surface area (Å²) in [6.07, 6.45) is 8.98. The second kappa shape index (κ2) is 16.8. The zero-order chi connectivity index (χ0) is 27.1. The van der Waals surface area contributed by atoms with Gasteiger partial charge in [-0.25, -0.2) is 0 Å². The van der Waals surface area contributed by atoms with Gasteiger partial charge in [-0.2, -0.15) is 0 Å². The SMILES string of the molecule is BB(B)B(B)B(B(B)B)B(/N=B/B(B(B(B)B)B(B)B)B(B(B)B)B(B)B)B(B(B)B)B(B)B. The van der Waals surface area contributed by atoms with Crippen molar-refractivity contribution in [3.63, 3.8) is 0 Å². The van der Waals surface area contributed by atoms with Crippen molar-refractivity contribution in [3.8, 4) is 0 Å². The minimum atomic E-state index is 0.389. The van der Waals surface area contributed by atoms with Crippen molar-refractivity contribution in [2.75, 3.05) is 0 Å². The Kier molecular flexibility index (Phi) is 17.8. The van der Waals surface area contributed by atoms with E-state index in [1.165, 1.54) is 0 Å². The summed E-state index contributed by atoms with van der Waals surface area (Å²) >= 11 is 0. The second-order valence-corrected chi connectivity index (χ2v) is 14.5. The van der Waals surface area contributed by atoms with E-state index >= 15 is 0 Å². The Morgan fingerprint density at radius 1 is 0.353 bits per heavy atom. The van der Waals surface area contributed by atoms with E-state index in [1.807, 2.05) is 0 Å². The number of rotatable bonds is 15. The van der Waals surface area contributed by atoms with E-state index in [0.717, 1.165) is 0 Å². The number of nitrogens with zero attached hydrogens (tertiary/aromatic N) is 1. The van der Waals surface area contributed by atoms with E-state index in [-0.39, 0.29) is 0 Å². The summed E-state index contributed by atoms with van der Waals surface area (Å²) in [4.78, 5) is 5.74. The molecule has 0 fully saturated rings. The summed E-state index contributed by atoms with van der Waals surface area (Å²) in [5, 5.41) is 0. The van der Waals surface area contributed by atoms with Crippen LogP contribution < -0.4 is 0 Å². The first-order valence-electron chi connectivity index (χ1n) is 15.0. The molecule has 34 heteroatoms. The van der Waals surface area contributed by atoms with Gasteiger partial charge in [0.05, 0.1) is 0 Å². The molecule has 0 amide bonds. The predicted octanol–water partition coefficient (Wildman–Crippen LogP) is -21.5. The van der Waals surface area contributed by atoms with Crippen molar-refractivity contribution in [2.45, 2.75) is 0 Å². The van der Waals surface area contributed by atoms with Crippen LogP contribution in [0.2, 0.25) is 0 Å². The third-order valence-electron chi connectivity index (χ3n) is 9.16. The van der Waals surface area contributed by atoms with Crippen molar-refractivity contribution >= 4 is 235 Å². The Bertz CT molecular complexity index is 507. The molecule has 0 atom stereocenters. The fraction of sp³-hybridized carbons (Fsp3) is 0. The van der Waals surface area contributed by atoms with Gasteiger partial charge in [0.25, 0.3) is 0 Å². The topological polar surface area (TPSA) is 12.4 Å². The molecule has 0 spiro atoms. The van der Waals surface area contributed by atoms with Gasteiger partial charge >= 0.3 is 239 Å². The molecular formula is H34B33N. The van der Waals surface area contributed by atoms with Crippen LogP contribution in [0.25, 0.3) is 0 Å². The van der Waals surface area contributed by atoms with E-state index < -0.39 is 0 Å². The Hall–Kier alpha value is 1.94. The monoisotopic (exact) mass is 412 g/mol. The van der Waals surface area contributed by atoms with Crippen molar-refractivity contribution in [1.82, 2.24) is 0 Å². The molecule has 0 rings (SSSR count). The summed E-state index contributed by atoms with van der Waals surface area (Å²) in [7, 11) is 41.4. The molecule has 0 aliphatic heterocycles. The predicted molar refractivity (Wildman–Crippen MR) is 240 cm³/mol. The van der Waals surface area contributed by atoms with Gasteiger partial charge in [-0.05, 0) is 0 Å². The molecule has 34 heavy (non-hydrogen) atoms. The van der Waals surface area contributed by atoms with E-state index in [1.54, 1.807) is 0 Å². The van der Waals surface area contributed by atoms with Crippen LogP contribution in [-0.4, -0.2) is 235 Å². The van der Waals surface area contributed by atoms with Crippen LogP contribution in [0.4, 0.5) is 0 Å². The van der Waals surface area contributed by atoms with Crippen LogP contribution in [0, 0.1) is 0 Å². The molecule has 0 bridgehead atoms. The third kappa shape index (κ3) is 10.6. The first kappa shape index (κ1) is 35.9. The molecule has 0 radical (unpaired) electrons. The number of hydrogen-bond acceptors (Lipinski definition) is 1. The van der Waals surface area contributed by atoms with Crippen LogP contribution in [0.15, 0.2) is 4.81 Å². The average Bonchev–Trinajstić information content (AvgIpc) is 2.63. The fourth-order valence-electron chi connectivity index (χ4n) is 7.74. The molecule has 0 aliphatic rings. The van der Waals surface area contributed by atoms with Crippen LogP contribution in [-0.2, 0) is 0 Å². The Labute approximate surface area is 238 Å². The molecule has 0 saturated carbocycles. The zero-order valence-electron chi connectivity index (χ0n) is 26.7. The van der Waals surface area contributed by atoms with Crippen LogP contribution in [0.5, 0.6) is 0 Å². The average molecular weight is 405 g/mol. The molecule has 0 aromatic rings. The summed E-state index contributed by atoms with van der Waals surface area (Å²) in [5.41, 5.74) is 0. The summed E-state index contributed by atoms with van der Waals surface area (Å²) in [6, 6.07) is 0. The maximum atomic E-state index is 5.74. The minimum absolute atomic E-state index is 0.389. The van der Waals surface area contributed by atoms with Crippen molar-refractivity contribution in [2.24, 2.45) is 4.81 Å². The fourth-order valence-corrected chi connectivity index (χ4v) is 7.74. The molecule has 0 aromatic carbocycles. The molecule has 138 valence electrons. The zero-order valence-corrected chi connectivity index (χ0v) is 26.7. The van der Waals surface area contributed by atoms with Crippen molar-refractivity contribution in [3.05, 3.63) is 0 Å². The second-order valence-electron chi connectivity index (χ2n) is 14.5. The molecular weight excluding hydrogens is 371 g/mol. The van der Waals surface area contributed by atoms with Gasteiger partial charge in [0.1, 0.15) is 0 Å². The normalized spacial score (nSPS) is 9.65. The van der Waals surface area contributed by atoms with Crippen LogP contribution in [0.3, 0.4) is 0 Å². The molecule has 0 unspecified atom stereocenters. The van der Waals surface area contributed by atoms with E-state index in [9.17, 15) is 0 Å². The van der Waals surface area contributed by atoms with Gasteiger partial charge in [0.2, 0.25) is 0 Å². The quantitative estimate of drug-likeness (QED) is 0.240. The molecule has 0 N–H and O–H groups in total. The molecule has 1 nitrogen and oxygen atoms in total. The molecule has 0 saturated heterocycles. The van der Waals surface area contributed by atoms with E-state index in [4.69, 9.17) is 4.81 Å². The first-order chi connectivity index (χ1) is 15.5. The Morgan fingerprint density at radius 2 is 0.647 bits per heavy atom. The van der Waals surface area contributed by atoms with Gasteiger partial charge in [-0.3, -0.25) is 0 Å². The van der Waals surface area contributed by atoms with Gasteiger partial charge in [0.15, 0.2) is 0 Å². The van der Waals surface area contributed by atoms with Gasteiger partial charge in [-0.15, -0.1) is 0 Å². The summed E-state index contributed by atoms with van der Waals surface area (Å²) < 4.78 is 0. The van der Waals surface area contributed by atoms with Crippen molar-refractivity contribution in [1.29, 1.82) is 0 Å². The van der Waals surface area contributed by atoms with E-state index in [2.05, 4.69) is 138 Å². The van der Waals surface area contributed by atoms with Gasteiger partial charge in [0, 0.05) is 0 Å².